The molecule has 0 saturated heterocycles. The van der Waals surface area contributed by atoms with Gasteiger partial charge in [-0.3, -0.25) is 4.79 Å². The van der Waals surface area contributed by atoms with Crippen molar-refractivity contribution >= 4 is 11.9 Å². The zero-order valence-corrected chi connectivity index (χ0v) is 28.3. The fourth-order valence-corrected chi connectivity index (χ4v) is 5.67. The van der Waals surface area contributed by atoms with Crippen molar-refractivity contribution in [3.8, 4) is 0 Å². The fourth-order valence-electron chi connectivity index (χ4n) is 5.67. The summed E-state index contributed by atoms with van der Waals surface area (Å²) in [6.07, 6.45) is 41.0. The Kier molecular flexibility index (Phi) is 33.1. The van der Waals surface area contributed by atoms with Crippen molar-refractivity contribution in [2.24, 2.45) is 0 Å². The van der Waals surface area contributed by atoms with Gasteiger partial charge in [-0.2, -0.15) is 0 Å². The van der Waals surface area contributed by atoms with Gasteiger partial charge in [0.2, 0.25) is 0 Å². The van der Waals surface area contributed by atoms with Crippen molar-refractivity contribution in [1.29, 1.82) is 0 Å². The van der Waals surface area contributed by atoms with E-state index >= 15 is 0 Å². The number of allylic oxidation sites excluding steroid dienone is 2. The zero-order valence-electron chi connectivity index (χ0n) is 28.3. The minimum atomic E-state index is -1.01. The molecule has 0 fully saturated rings. The third kappa shape index (κ3) is 31.6. The van der Waals surface area contributed by atoms with Crippen LogP contribution in [0, 0.1) is 0 Å². The quantitative estimate of drug-likeness (QED) is 0.0458. The molecule has 1 N–H and O–H groups in total. The Hall–Kier alpha value is -1.32. The molecule has 0 spiro atoms. The Morgan fingerprint density at radius 2 is 0.833 bits per heavy atom. The second-order valence-electron chi connectivity index (χ2n) is 12.7. The monoisotopic (exact) mass is 593 g/mol. The van der Waals surface area contributed by atoms with Crippen LogP contribution < -0.4 is 0 Å². The highest BCUT2D eigenvalue weighted by atomic mass is 16.6. The van der Waals surface area contributed by atoms with E-state index in [9.17, 15) is 14.7 Å². The summed E-state index contributed by atoms with van der Waals surface area (Å²) in [5.74, 6) is -1.36. The van der Waals surface area contributed by atoms with Gasteiger partial charge in [-0.15, -0.1) is 0 Å². The standard InChI is InChI=1S/C38H72O4/c1-3-5-7-9-11-13-15-17-19-21-22-24-26-28-30-32-34-36(38(40)41)42-37(39)35-33-31-29-27-25-23-20-18-16-14-12-10-8-6-4-2/h18,20,36H,3-17,19,21-35H2,1-2H3,(H,40,41)/b20-18-. The average molecular weight is 593 g/mol. The Labute approximate surface area is 262 Å². The number of unbranched alkanes of at least 4 members (excludes halogenated alkanes) is 26. The molecule has 0 aliphatic heterocycles. The highest BCUT2D eigenvalue weighted by Gasteiger charge is 2.21. The molecule has 0 saturated carbocycles. The average Bonchev–Trinajstić information content (AvgIpc) is 2.98. The van der Waals surface area contributed by atoms with Crippen molar-refractivity contribution in [2.75, 3.05) is 0 Å². The molecule has 0 radical (unpaired) electrons. The highest BCUT2D eigenvalue weighted by molar-refractivity contribution is 5.77. The topological polar surface area (TPSA) is 63.6 Å². The first kappa shape index (κ1) is 40.7. The molecule has 1 unspecified atom stereocenters. The number of carbonyl (C=O) groups is 2. The lowest BCUT2D eigenvalue weighted by molar-refractivity contribution is -0.164. The van der Waals surface area contributed by atoms with E-state index < -0.39 is 12.1 Å². The molecule has 0 heterocycles. The first-order valence-electron chi connectivity index (χ1n) is 18.7. The van der Waals surface area contributed by atoms with Gasteiger partial charge in [0, 0.05) is 6.42 Å². The summed E-state index contributed by atoms with van der Waals surface area (Å²) in [6.45, 7) is 4.53. The van der Waals surface area contributed by atoms with Gasteiger partial charge in [0.25, 0.3) is 0 Å². The largest absolute Gasteiger partial charge is 0.479 e. The van der Waals surface area contributed by atoms with E-state index in [4.69, 9.17) is 4.74 Å². The summed E-state index contributed by atoms with van der Waals surface area (Å²) in [5.41, 5.74) is 0. The summed E-state index contributed by atoms with van der Waals surface area (Å²) in [7, 11) is 0. The van der Waals surface area contributed by atoms with Crippen LogP contribution in [0.1, 0.15) is 213 Å². The second kappa shape index (κ2) is 34.2. The smallest absolute Gasteiger partial charge is 0.345 e. The normalized spacial score (nSPS) is 12.2. The van der Waals surface area contributed by atoms with Crippen LogP contribution in [0.3, 0.4) is 0 Å². The molecule has 42 heavy (non-hydrogen) atoms. The summed E-state index contributed by atoms with van der Waals surface area (Å²) in [4.78, 5) is 23.7. The van der Waals surface area contributed by atoms with E-state index in [1.54, 1.807) is 0 Å². The van der Waals surface area contributed by atoms with Crippen LogP contribution in [-0.2, 0) is 14.3 Å². The van der Waals surface area contributed by atoms with Gasteiger partial charge in [-0.05, 0) is 44.9 Å². The van der Waals surface area contributed by atoms with Crippen molar-refractivity contribution in [1.82, 2.24) is 0 Å². The van der Waals surface area contributed by atoms with Crippen LogP contribution in [0.5, 0.6) is 0 Å². The lowest BCUT2D eigenvalue weighted by Crippen LogP contribution is -2.27. The minimum absolute atomic E-state index is 0.334. The number of rotatable bonds is 34. The van der Waals surface area contributed by atoms with Gasteiger partial charge in [-0.25, -0.2) is 4.79 Å². The highest BCUT2D eigenvalue weighted by Crippen LogP contribution is 2.16. The number of carboxylic acids is 1. The summed E-state index contributed by atoms with van der Waals surface area (Å²) in [5, 5.41) is 9.47. The molecule has 0 aromatic carbocycles. The lowest BCUT2D eigenvalue weighted by atomic mass is 10.0. The van der Waals surface area contributed by atoms with E-state index in [0.29, 0.717) is 12.8 Å². The van der Waals surface area contributed by atoms with Crippen LogP contribution in [0.15, 0.2) is 12.2 Å². The van der Waals surface area contributed by atoms with Crippen LogP contribution in [0.25, 0.3) is 0 Å². The van der Waals surface area contributed by atoms with E-state index in [1.165, 1.54) is 141 Å². The summed E-state index contributed by atoms with van der Waals surface area (Å²) >= 11 is 0. The molecule has 4 nitrogen and oxygen atoms in total. The molecule has 0 aromatic rings. The first-order chi connectivity index (χ1) is 20.6. The maximum absolute atomic E-state index is 12.2. The number of carboxylic acid groups (broad SMARTS) is 1. The van der Waals surface area contributed by atoms with Crippen molar-refractivity contribution in [3.63, 3.8) is 0 Å². The maximum atomic E-state index is 12.2. The summed E-state index contributed by atoms with van der Waals surface area (Å²) in [6, 6.07) is 0. The van der Waals surface area contributed by atoms with Crippen LogP contribution >= 0.6 is 0 Å². The van der Waals surface area contributed by atoms with Crippen LogP contribution in [0.4, 0.5) is 0 Å². The summed E-state index contributed by atoms with van der Waals surface area (Å²) < 4.78 is 5.31. The number of esters is 1. The third-order valence-corrected chi connectivity index (χ3v) is 8.51. The Morgan fingerprint density at radius 3 is 1.21 bits per heavy atom. The molecule has 4 heteroatoms. The number of hydrogen-bond acceptors (Lipinski definition) is 3. The zero-order chi connectivity index (χ0) is 30.8. The van der Waals surface area contributed by atoms with Gasteiger partial charge in [-0.1, -0.05) is 174 Å². The van der Waals surface area contributed by atoms with E-state index in [2.05, 4.69) is 26.0 Å². The van der Waals surface area contributed by atoms with Gasteiger partial charge >= 0.3 is 11.9 Å². The fraction of sp³-hybridized carbons (Fsp3) is 0.895. The molecular formula is C38H72O4. The van der Waals surface area contributed by atoms with Crippen LogP contribution in [-0.4, -0.2) is 23.1 Å². The van der Waals surface area contributed by atoms with E-state index in [1.807, 2.05) is 0 Å². The SMILES string of the molecule is CCCCCCCC/C=C\CCCCCCCC(=O)OC(CCCCCCCCCCCCCCCCCC)C(=O)O. The Morgan fingerprint density at radius 1 is 0.500 bits per heavy atom. The molecule has 1 atom stereocenters. The van der Waals surface area contributed by atoms with Gasteiger partial charge in [0.1, 0.15) is 0 Å². The predicted octanol–water partition coefficient (Wildman–Crippen LogP) is 12.7. The third-order valence-electron chi connectivity index (χ3n) is 8.51. The molecule has 0 aliphatic carbocycles. The van der Waals surface area contributed by atoms with Gasteiger partial charge in [0.15, 0.2) is 6.10 Å². The molecule has 0 aromatic heterocycles. The maximum Gasteiger partial charge on any atom is 0.345 e. The number of aliphatic carboxylic acids is 1. The van der Waals surface area contributed by atoms with Crippen molar-refractivity contribution in [3.05, 3.63) is 12.2 Å². The Balaban J connectivity index is 3.55. The van der Waals surface area contributed by atoms with Crippen LogP contribution in [0.2, 0.25) is 0 Å². The number of carbonyl (C=O) groups excluding carboxylic acids is 1. The van der Waals surface area contributed by atoms with E-state index in [0.717, 1.165) is 44.9 Å². The lowest BCUT2D eigenvalue weighted by Gasteiger charge is -2.13. The predicted molar refractivity (Wildman–Crippen MR) is 181 cm³/mol. The van der Waals surface area contributed by atoms with Crippen molar-refractivity contribution in [2.45, 2.75) is 219 Å². The molecule has 0 rings (SSSR count). The Bertz CT molecular complexity index is 600. The van der Waals surface area contributed by atoms with Gasteiger partial charge < -0.3 is 9.84 Å². The molecular weight excluding hydrogens is 520 g/mol. The first-order valence-corrected chi connectivity index (χ1v) is 18.7. The number of ether oxygens (including phenoxy) is 1. The van der Waals surface area contributed by atoms with Gasteiger partial charge in [0.05, 0.1) is 0 Å². The molecule has 0 aliphatic rings. The minimum Gasteiger partial charge on any atom is -0.479 e. The van der Waals surface area contributed by atoms with E-state index in [-0.39, 0.29) is 5.97 Å². The molecule has 0 bridgehead atoms. The molecule has 0 amide bonds. The number of hydrogen-bond donors (Lipinski definition) is 1. The second-order valence-corrected chi connectivity index (χ2v) is 12.7. The van der Waals surface area contributed by atoms with Crippen molar-refractivity contribution < 1.29 is 19.4 Å². The molecule has 248 valence electrons.